The van der Waals surface area contributed by atoms with E-state index in [1.807, 2.05) is 18.7 Å². The van der Waals surface area contributed by atoms with Crippen LogP contribution in [0.4, 0.5) is 0 Å². The summed E-state index contributed by atoms with van der Waals surface area (Å²) in [6.45, 7) is 11.5. The third-order valence-corrected chi connectivity index (χ3v) is 4.27. The molecule has 1 amide bonds. The third-order valence-electron chi connectivity index (χ3n) is 2.92. The van der Waals surface area contributed by atoms with Crippen molar-refractivity contribution in [3.05, 3.63) is 0 Å². The van der Waals surface area contributed by atoms with Crippen molar-refractivity contribution in [2.75, 3.05) is 12.3 Å². The van der Waals surface area contributed by atoms with E-state index < -0.39 is 5.54 Å². The van der Waals surface area contributed by atoms with Gasteiger partial charge in [-0.1, -0.05) is 34.1 Å². The van der Waals surface area contributed by atoms with E-state index in [1.165, 1.54) is 0 Å². The molecular weight excluding hydrogens is 244 g/mol. The minimum atomic E-state index is -0.539. The largest absolute Gasteiger partial charge is 0.368 e. The predicted octanol–water partition coefficient (Wildman–Crippen LogP) is 2.93. The van der Waals surface area contributed by atoms with Crippen molar-refractivity contribution in [3.63, 3.8) is 0 Å². The molecule has 0 aromatic carbocycles. The molecule has 3 nitrogen and oxygen atoms in total. The fourth-order valence-corrected chi connectivity index (χ4v) is 2.62. The van der Waals surface area contributed by atoms with Crippen molar-refractivity contribution in [1.29, 1.82) is 0 Å². The van der Waals surface area contributed by atoms with Gasteiger partial charge in [-0.15, -0.1) is 0 Å². The zero-order valence-electron chi connectivity index (χ0n) is 12.6. The summed E-state index contributed by atoms with van der Waals surface area (Å²) < 4.78 is 0.327. The van der Waals surface area contributed by atoms with Gasteiger partial charge < -0.3 is 11.1 Å². The van der Waals surface area contributed by atoms with Crippen LogP contribution in [0.5, 0.6) is 0 Å². The lowest BCUT2D eigenvalue weighted by Gasteiger charge is -2.27. The van der Waals surface area contributed by atoms with Gasteiger partial charge in [0.1, 0.15) is 0 Å². The Kier molecular flexibility index (Phi) is 7.95. The molecule has 0 aromatic heterocycles. The summed E-state index contributed by atoms with van der Waals surface area (Å²) in [6.07, 6.45) is 4.02. The number of hydrogen-bond acceptors (Lipinski definition) is 3. The van der Waals surface area contributed by atoms with E-state index in [0.717, 1.165) is 38.0 Å². The Morgan fingerprint density at radius 1 is 1.22 bits per heavy atom. The van der Waals surface area contributed by atoms with E-state index in [-0.39, 0.29) is 5.91 Å². The van der Waals surface area contributed by atoms with Gasteiger partial charge in [-0.2, -0.15) is 11.8 Å². The van der Waals surface area contributed by atoms with Crippen LogP contribution in [0.2, 0.25) is 0 Å². The molecule has 18 heavy (non-hydrogen) atoms. The van der Waals surface area contributed by atoms with Gasteiger partial charge in [0.2, 0.25) is 5.91 Å². The molecule has 0 radical (unpaired) electrons. The number of amides is 1. The summed E-state index contributed by atoms with van der Waals surface area (Å²) in [4.78, 5) is 11.5. The Hall–Kier alpha value is -0.220. The molecule has 0 fully saturated rings. The van der Waals surface area contributed by atoms with Crippen LogP contribution in [0.15, 0.2) is 0 Å². The molecule has 4 heteroatoms. The second-order valence-electron chi connectivity index (χ2n) is 6.04. The molecule has 108 valence electrons. The first kappa shape index (κ1) is 17.8. The molecule has 1 unspecified atom stereocenters. The zero-order valence-corrected chi connectivity index (χ0v) is 13.5. The molecule has 0 bridgehead atoms. The van der Waals surface area contributed by atoms with Crippen LogP contribution in [-0.4, -0.2) is 28.5 Å². The van der Waals surface area contributed by atoms with E-state index in [0.29, 0.717) is 4.75 Å². The summed E-state index contributed by atoms with van der Waals surface area (Å²) in [5.74, 6) is 0.908. The highest BCUT2D eigenvalue weighted by molar-refractivity contribution is 8.00. The SMILES string of the molecule is CCCNC(C)(CCCCSC(C)(C)C)C(N)=O. The number of hydrogen-bond donors (Lipinski definition) is 2. The van der Waals surface area contributed by atoms with Crippen LogP contribution in [0.3, 0.4) is 0 Å². The summed E-state index contributed by atoms with van der Waals surface area (Å²) in [5, 5.41) is 3.27. The van der Waals surface area contributed by atoms with Crippen LogP contribution >= 0.6 is 11.8 Å². The van der Waals surface area contributed by atoms with Crippen LogP contribution < -0.4 is 11.1 Å². The summed E-state index contributed by atoms with van der Waals surface area (Å²) >= 11 is 1.97. The topological polar surface area (TPSA) is 55.1 Å². The van der Waals surface area contributed by atoms with Gasteiger partial charge in [0, 0.05) is 4.75 Å². The standard InChI is InChI=1S/C14H30N2OS/c1-6-10-16-14(5,12(15)17)9-7-8-11-18-13(2,3)4/h16H,6-11H2,1-5H3,(H2,15,17). The summed E-state index contributed by atoms with van der Waals surface area (Å²) in [5.41, 5.74) is 4.95. The van der Waals surface area contributed by atoms with Gasteiger partial charge in [0.15, 0.2) is 0 Å². The molecule has 0 saturated heterocycles. The van der Waals surface area contributed by atoms with E-state index in [1.54, 1.807) is 0 Å². The number of rotatable bonds is 9. The summed E-state index contributed by atoms with van der Waals surface area (Å²) in [6, 6.07) is 0. The molecule has 0 heterocycles. The normalized spacial score (nSPS) is 15.4. The first-order valence-corrected chi connectivity index (χ1v) is 7.89. The number of primary amides is 1. The minimum Gasteiger partial charge on any atom is -0.368 e. The predicted molar refractivity (Wildman–Crippen MR) is 82.0 cm³/mol. The average Bonchev–Trinajstić information content (AvgIpc) is 2.24. The highest BCUT2D eigenvalue weighted by atomic mass is 32.2. The first-order valence-electron chi connectivity index (χ1n) is 6.90. The third kappa shape index (κ3) is 7.98. The lowest BCUT2D eigenvalue weighted by atomic mass is 9.94. The van der Waals surface area contributed by atoms with Crippen LogP contribution in [0, 0.1) is 0 Å². The van der Waals surface area contributed by atoms with Gasteiger partial charge in [0.05, 0.1) is 5.54 Å². The van der Waals surface area contributed by atoms with Gasteiger partial charge >= 0.3 is 0 Å². The van der Waals surface area contributed by atoms with Crippen molar-refractivity contribution in [1.82, 2.24) is 5.32 Å². The highest BCUT2D eigenvalue weighted by Gasteiger charge is 2.29. The van der Waals surface area contributed by atoms with E-state index in [4.69, 9.17) is 5.73 Å². The van der Waals surface area contributed by atoms with Gasteiger partial charge in [-0.25, -0.2) is 0 Å². The number of carbonyl (C=O) groups is 1. The molecule has 0 aliphatic carbocycles. The van der Waals surface area contributed by atoms with Gasteiger partial charge in [-0.3, -0.25) is 4.79 Å². The van der Waals surface area contributed by atoms with Crippen molar-refractivity contribution in [3.8, 4) is 0 Å². The quantitative estimate of drug-likeness (QED) is 0.636. The van der Waals surface area contributed by atoms with Crippen LogP contribution in [0.25, 0.3) is 0 Å². The number of nitrogens with two attached hydrogens (primary N) is 1. The van der Waals surface area contributed by atoms with Crippen molar-refractivity contribution in [2.24, 2.45) is 5.73 Å². The molecule has 0 spiro atoms. The molecule has 0 aliphatic heterocycles. The maximum atomic E-state index is 11.5. The fourth-order valence-electron chi connectivity index (χ4n) is 1.66. The Labute approximate surface area is 117 Å². The monoisotopic (exact) mass is 274 g/mol. The Bertz CT molecular complexity index is 251. The molecule has 0 rings (SSSR count). The number of thioether (sulfide) groups is 1. The summed E-state index contributed by atoms with van der Waals surface area (Å²) in [7, 11) is 0. The maximum absolute atomic E-state index is 11.5. The van der Waals surface area contributed by atoms with Crippen molar-refractivity contribution in [2.45, 2.75) is 70.6 Å². The van der Waals surface area contributed by atoms with Crippen LogP contribution in [-0.2, 0) is 4.79 Å². The number of nitrogens with one attached hydrogen (secondary N) is 1. The van der Waals surface area contributed by atoms with Crippen molar-refractivity contribution < 1.29 is 4.79 Å². The minimum absolute atomic E-state index is 0.237. The molecule has 0 saturated carbocycles. The second kappa shape index (κ2) is 8.05. The molecule has 0 aromatic rings. The van der Waals surface area contributed by atoms with Gasteiger partial charge in [-0.05, 0) is 38.5 Å². The van der Waals surface area contributed by atoms with E-state index in [9.17, 15) is 4.79 Å². The first-order chi connectivity index (χ1) is 8.21. The van der Waals surface area contributed by atoms with E-state index in [2.05, 4.69) is 33.0 Å². The zero-order chi connectivity index (χ0) is 14.2. The number of unbranched alkanes of at least 4 members (excludes halogenated alkanes) is 1. The second-order valence-corrected chi connectivity index (χ2v) is 7.96. The van der Waals surface area contributed by atoms with Gasteiger partial charge in [0.25, 0.3) is 0 Å². The fraction of sp³-hybridized carbons (Fsp3) is 0.929. The Balaban J connectivity index is 3.95. The van der Waals surface area contributed by atoms with Crippen LogP contribution in [0.1, 0.15) is 60.3 Å². The molecular formula is C14H30N2OS. The van der Waals surface area contributed by atoms with E-state index >= 15 is 0 Å². The maximum Gasteiger partial charge on any atom is 0.237 e. The highest BCUT2D eigenvalue weighted by Crippen LogP contribution is 2.25. The lowest BCUT2D eigenvalue weighted by Crippen LogP contribution is -2.53. The Morgan fingerprint density at radius 3 is 2.28 bits per heavy atom. The smallest absolute Gasteiger partial charge is 0.237 e. The lowest BCUT2D eigenvalue weighted by molar-refractivity contribution is -0.124. The average molecular weight is 274 g/mol. The number of carbonyl (C=O) groups excluding carboxylic acids is 1. The molecule has 1 atom stereocenters. The molecule has 3 N–H and O–H groups in total. The molecule has 0 aliphatic rings. The van der Waals surface area contributed by atoms with Crippen molar-refractivity contribution >= 4 is 17.7 Å². The Morgan fingerprint density at radius 2 is 1.83 bits per heavy atom.